The van der Waals surface area contributed by atoms with Crippen LogP contribution in [0, 0.1) is 17.8 Å². The molecule has 2 heterocycles. The molecule has 0 amide bonds. The zero-order valence-electron chi connectivity index (χ0n) is 14.2. The van der Waals surface area contributed by atoms with Crippen LogP contribution in [0.2, 0.25) is 0 Å². The lowest BCUT2D eigenvalue weighted by atomic mass is 10.1. The molecule has 0 unspecified atom stereocenters. The number of hydrogen-bond donors (Lipinski definition) is 1. The van der Waals surface area contributed by atoms with Gasteiger partial charge in [0.15, 0.2) is 5.71 Å². The fourth-order valence-corrected chi connectivity index (χ4v) is 2.84. The highest BCUT2D eigenvalue weighted by molar-refractivity contribution is 8.01. The molecule has 1 aliphatic carbocycles. The molecule has 0 radical (unpaired) electrons. The highest BCUT2D eigenvalue weighted by atomic mass is 32.2. The van der Waals surface area contributed by atoms with Gasteiger partial charge in [0.1, 0.15) is 0 Å². The van der Waals surface area contributed by atoms with E-state index in [-0.39, 0.29) is 6.73 Å². The third-order valence-corrected chi connectivity index (χ3v) is 4.51. The Labute approximate surface area is 155 Å². The van der Waals surface area contributed by atoms with Crippen molar-refractivity contribution in [3.63, 3.8) is 0 Å². The normalized spacial score (nSPS) is 16.9. The van der Waals surface area contributed by atoms with Gasteiger partial charge in [0.2, 0.25) is 12.6 Å². The molecular formula is C17H17N7OS. The quantitative estimate of drug-likeness (QED) is 0.373. The Hall–Kier alpha value is -2.83. The average Bonchev–Trinajstić information content (AvgIpc) is 3.24. The van der Waals surface area contributed by atoms with Gasteiger partial charge < -0.3 is 4.84 Å². The van der Waals surface area contributed by atoms with Crippen LogP contribution in [0.3, 0.4) is 0 Å². The van der Waals surface area contributed by atoms with E-state index in [0.717, 1.165) is 10.5 Å². The highest BCUT2D eigenvalue weighted by Gasteiger charge is 2.19. The molecule has 8 nitrogen and oxygen atoms in total. The minimum atomic E-state index is 0.239. The molecule has 0 atom stereocenters. The number of hydrazine groups is 1. The van der Waals surface area contributed by atoms with Crippen molar-refractivity contribution < 1.29 is 4.84 Å². The van der Waals surface area contributed by atoms with Crippen LogP contribution in [-0.4, -0.2) is 37.7 Å². The summed E-state index contributed by atoms with van der Waals surface area (Å²) in [7, 11) is 1.76. The maximum atomic E-state index is 5.54. The Morgan fingerprint density at radius 2 is 2.23 bits per heavy atom. The van der Waals surface area contributed by atoms with Gasteiger partial charge in [-0.3, -0.25) is 5.01 Å². The summed E-state index contributed by atoms with van der Waals surface area (Å²) in [4.78, 5) is 9.64. The van der Waals surface area contributed by atoms with E-state index < -0.39 is 0 Å². The predicted molar refractivity (Wildman–Crippen MR) is 98.0 cm³/mol. The molecule has 0 saturated heterocycles. The Morgan fingerprint density at radius 1 is 1.38 bits per heavy atom. The maximum absolute atomic E-state index is 5.54. The van der Waals surface area contributed by atoms with Crippen LogP contribution in [0.25, 0.3) is 0 Å². The molecule has 1 aromatic heterocycles. The Bertz CT molecular complexity index is 893. The first-order chi connectivity index (χ1) is 12.8. The van der Waals surface area contributed by atoms with E-state index in [0.29, 0.717) is 17.5 Å². The largest absolute Gasteiger partial charge is 0.372 e. The van der Waals surface area contributed by atoms with Gasteiger partial charge in [0, 0.05) is 24.7 Å². The second-order valence-corrected chi connectivity index (χ2v) is 6.72. The summed E-state index contributed by atoms with van der Waals surface area (Å²) < 4.78 is 1.56. The zero-order chi connectivity index (χ0) is 17.8. The van der Waals surface area contributed by atoms with Gasteiger partial charge in [-0.25, -0.2) is 4.68 Å². The van der Waals surface area contributed by atoms with E-state index in [1.807, 2.05) is 36.5 Å². The number of rotatable bonds is 5. The molecular weight excluding hydrogens is 350 g/mol. The molecule has 2 aliphatic rings. The lowest BCUT2D eigenvalue weighted by Crippen LogP contribution is -2.26. The molecule has 132 valence electrons. The van der Waals surface area contributed by atoms with Gasteiger partial charge in [0.05, 0.1) is 4.91 Å². The van der Waals surface area contributed by atoms with E-state index in [1.165, 1.54) is 24.8 Å². The first kappa shape index (κ1) is 16.6. The van der Waals surface area contributed by atoms with Crippen LogP contribution >= 0.6 is 11.9 Å². The van der Waals surface area contributed by atoms with Crippen molar-refractivity contribution in [3.05, 3.63) is 52.8 Å². The van der Waals surface area contributed by atoms with Crippen molar-refractivity contribution in [2.24, 2.45) is 18.1 Å². The zero-order valence-corrected chi connectivity index (χ0v) is 15.0. The molecule has 1 saturated carbocycles. The second-order valence-electron chi connectivity index (χ2n) is 5.89. The van der Waals surface area contributed by atoms with Crippen LogP contribution in [-0.2, 0) is 11.9 Å². The van der Waals surface area contributed by atoms with Gasteiger partial charge in [-0.05, 0) is 35.2 Å². The van der Waals surface area contributed by atoms with E-state index in [1.54, 1.807) is 16.7 Å². The summed E-state index contributed by atoms with van der Waals surface area (Å²) >= 11 is 1.47. The highest BCUT2D eigenvalue weighted by Crippen LogP contribution is 2.28. The van der Waals surface area contributed by atoms with E-state index in [9.17, 15) is 0 Å². The van der Waals surface area contributed by atoms with E-state index in [4.69, 9.17) is 4.84 Å². The topological polar surface area (TPSA) is 80.5 Å². The fraction of sp³-hybridized carbons (Fsp3) is 0.294. The minimum Gasteiger partial charge on any atom is -0.372 e. The van der Waals surface area contributed by atoms with E-state index >= 15 is 0 Å². The SMILES string of the molecule is Cn1nnnc1C(=NOCN1C=C(C#CC2CC2)SN1)c1ccccc1. The summed E-state index contributed by atoms with van der Waals surface area (Å²) in [5.41, 5.74) is 1.45. The number of oxime groups is 1. The first-order valence-electron chi connectivity index (χ1n) is 8.20. The Balaban J connectivity index is 1.45. The second kappa shape index (κ2) is 7.59. The fourth-order valence-electron chi connectivity index (χ4n) is 2.23. The standard InChI is InChI=1S/C17H17N7OS/c1-23-17(18-20-21-23)16(14-5-3-2-4-6-14)19-25-12-24-11-15(26-22-24)10-9-13-7-8-13/h2-6,11,13,22H,7-8,12H2,1H3. The summed E-state index contributed by atoms with van der Waals surface area (Å²) in [5.74, 6) is 7.53. The molecule has 0 bridgehead atoms. The van der Waals surface area contributed by atoms with Crippen molar-refractivity contribution in [3.8, 4) is 11.8 Å². The van der Waals surface area contributed by atoms with Crippen molar-refractivity contribution in [1.29, 1.82) is 0 Å². The van der Waals surface area contributed by atoms with Crippen molar-refractivity contribution in [2.75, 3.05) is 6.73 Å². The number of allylic oxidation sites excluding steroid dienone is 1. The van der Waals surface area contributed by atoms with Crippen LogP contribution in [0.5, 0.6) is 0 Å². The molecule has 9 heteroatoms. The minimum absolute atomic E-state index is 0.239. The monoisotopic (exact) mass is 367 g/mol. The number of nitrogens with one attached hydrogen (secondary N) is 1. The summed E-state index contributed by atoms with van der Waals surface area (Å²) in [5, 5.41) is 17.6. The molecule has 0 spiro atoms. The third-order valence-electron chi connectivity index (χ3n) is 3.75. The molecule has 4 rings (SSSR count). The number of benzene rings is 1. The van der Waals surface area contributed by atoms with Crippen molar-refractivity contribution in [1.82, 2.24) is 30.0 Å². The third kappa shape index (κ3) is 4.04. The number of tetrazole rings is 1. The maximum Gasteiger partial charge on any atom is 0.204 e. The van der Waals surface area contributed by atoms with Crippen molar-refractivity contribution >= 4 is 17.7 Å². The lowest BCUT2D eigenvalue weighted by Gasteiger charge is -2.13. The predicted octanol–water partition coefficient (Wildman–Crippen LogP) is 1.66. The molecule has 1 aliphatic heterocycles. The summed E-state index contributed by atoms with van der Waals surface area (Å²) in [6.07, 6.45) is 4.36. The van der Waals surface area contributed by atoms with Gasteiger partial charge in [-0.15, -0.1) is 5.10 Å². The van der Waals surface area contributed by atoms with Crippen LogP contribution in [0.1, 0.15) is 24.2 Å². The molecule has 1 fully saturated rings. The smallest absolute Gasteiger partial charge is 0.204 e. The number of hydrogen-bond acceptors (Lipinski definition) is 8. The molecule has 2 aromatic rings. The van der Waals surface area contributed by atoms with Crippen LogP contribution in [0.15, 0.2) is 46.6 Å². The summed E-state index contributed by atoms with van der Waals surface area (Å²) in [6, 6.07) is 9.68. The van der Waals surface area contributed by atoms with Gasteiger partial charge in [0.25, 0.3) is 0 Å². The molecule has 1 N–H and O–H groups in total. The summed E-state index contributed by atoms with van der Waals surface area (Å²) in [6.45, 7) is 0.239. The van der Waals surface area contributed by atoms with Gasteiger partial charge in [-0.1, -0.05) is 47.3 Å². The lowest BCUT2D eigenvalue weighted by molar-refractivity contribution is 0.0519. The van der Waals surface area contributed by atoms with Crippen LogP contribution < -0.4 is 4.83 Å². The number of nitrogens with zero attached hydrogens (tertiary/aromatic N) is 6. The van der Waals surface area contributed by atoms with Crippen LogP contribution in [0.4, 0.5) is 0 Å². The number of aromatic nitrogens is 4. The first-order valence-corrected chi connectivity index (χ1v) is 9.02. The Kier molecular flexibility index (Phi) is 4.86. The average molecular weight is 367 g/mol. The molecule has 26 heavy (non-hydrogen) atoms. The van der Waals surface area contributed by atoms with Crippen molar-refractivity contribution in [2.45, 2.75) is 12.8 Å². The van der Waals surface area contributed by atoms with E-state index in [2.05, 4.69) is 37.4 Å². The number of aryl methyl sites for hydroxylation is 1. The van der Waals surface area contributed by atoms with Gasteiger partial charge >= 0.3 is 0 Å². The molecule has 1 aromatic carbocycles. The van der Waals surface area contributed by atoms with Gasteiger partial charge in [-0.2, -0.15) is 4.83 Å². The Morgan fingerprint density at radius 3 is 2.96 bits per heavy atom.